The lowest BCUT2D eigenvalue weighted by Gasteiger charge is -2.23. The maximum atomic E-state index is 12.3. The van der Waals surface area contributed by atoms with Gasteiger partial charge < -0.3 is 14.5 Å². The Labute approximate surface area is 129 Å². The van der Waals surface area contributed by atoms with E-state index in [4.69, 9.17) is 9.15 Å². The topological polar surface area (TPSA) is 54.7 Å². The van der Waals surface area contributed by atoms with E-state index in [0.717, 1.165) is 17.1 Å². The smallest absolute Gasteiger partial charge is 0.261 e. The van der Waals surface area contributed by atoms with Gasteiger partial charge >= 0.3 is 0 Å². The van der Waals surface area contributed by atoms with E-state index in [2.05, 4.69) is 5.32 Å². The number of likely N-dealkylation sites (N-methyl/N-ethyl adjacent to an activating group) is 1. The van der Waals surface area contributed by atoms with Crippen molar-refractivity contribution in [3.8, 4) is 5.75 Å². The molecule has 0 radical (unpaired) electrons. The Morgan fingerprint density at radius 2 is 2.14 bits per heavy atom. The Balaban J connectivity index is 1.59. The first-order valence-corrected chi connectivity index (χ1v) is 7.37. The summed E-state index contributed by atoms with van der Waals surface area (Å²) >= 11 is 0. The molecule has 2 atom stereocenters. The van der Waals surface area contributed by atoms with Crippen molar-refractivity contribution >= 4 is 5.91 Å². The van der Waals surface area contributed by atoms with Crippen molar-refractivity contribution in [2.24, 2.45) is 0 Å². The van der Waals surface area contributed by atoms with Crippen molar-refractivity contribution in [3.63, 3.8) is 0 Å². The first kappa shape index (κ1) is 14.7. The maximum absolute atomic E-state index is 12.3. The zero-order valence-corrected chi connectivity index (χ0v) is 12.8. The Morgan fingerprint density at radius 1 is 1.32 bits per heavy atom. The zero-order valence-electron chi connectivity index (χ0n) is 12.8. The predicted molar refractivity (Wildman–Crippen MR) is 82.7 cm³/mol. The third-order valence-corrected chi connectivity index (χ3v) is 3.90. The molecule has 0 fully saturated rings. The molecular weight excluding hydrogens is 280 g/mol. The van der Waals surface area contributed by atoms with E-state index in [1.165, 1.54) is 0 Å². The fourth-order valence-electron chi connectivity index (χ4n) is 2.66. The van der Waals surface area contributed by atoms with Crippen LogP contribution in [0.5, 0.6) is 5.75 Å². The Morgan fingerprint density at radius 3 is 2.82 bits per heavy atom. The van der Waals surface area contributed by atoms with Crippen molar-refractivity contribution in [2.75, 3.05) is 20.6 Å². The third kappa shape index (κ3) is 2.99. The van der Waals surface area contributed by atoms with Gasteiger partial charge in [-0.05, 0) is 37.9 Å². The molecule has 1 N–H and O–H groups in total. The molecule has 3 rings (SSSR count). The lowest BCUT2D eigenvalue weighted by Crippen LogP contribution is -2.41. The molecule has 0 aliphatic carbocycles. The normalized spacial score (nSPS) is 17.9. The number of rotatable bonds is 5. The van der Waals surface area contributed by atoms with Crippen LogP contribution in [-0.2, 0) is 11.2 Å². The van der Waals surface area contributed by atoms with Gasteiger partial charge in [0.1, 0.15) is 11.5 Å². The van der Waals surface area contributed by atoms with Crippen molar-refractivity contribution in [2.45, 2.75) is 18.6 Å². The predicted octanol–water partition coefficient (Wildman–Crippen LogP) is 2.00. The molecule has 0 spiro atoms. The minimum atomic E-state index is -0.447. The van der Waals surface area contributed by atoms with Gasteiger partial charge in [0.05, 0.1) is 12.3 Å². The molecular formula is C17H20N2O3. The molecule has 2 unspecified atom stereocenters. The molecule has 116 valence electrons. The summed E-state index contributed by atoms with van der Waals surface area (Å²) in [7, 11) is 3.92. The number of benzene rings is 1. The first-order chi connectivity index (χ1) is 10.6. The highest BCUT2D eigenvalue weighted by Crippen LogP contribution is 2.28. The molecule has 0 saturated heterocycles. The molecule has 2 heterocycles. The van der Waals surface area contributed by atoms with Gasteiger partial charge in [-0.15, -0.1) is 0 Å². The van der Waals surface area contributed by atoms with E-state index in [0.29, 0.717) is 13.0 Å². The highest BCUT2D eigenvalue weighted by Gasteiger charge is 2.29. The maximum Gasteiger partial charge on any atom is 0.261 e. The molecule has 2 aromatic rings. The Hall–Kier alpha value is -2.27. The first-order valence-electron chi connectivity index (χ1n) is 7.37. The van der Waals surface area contributed by atoms with Gasteiger partial charge in [-0.3, -0.25) is 9.69 Å². The molecule has 0 bridgehead atoms. The summed E-state index contributed by atoms with van der Waals surface area (Å²) in [5.74, 6) is 1.55. The van der Waals surface area contributed by atoms with Crippen molar-refractivity contribution < 1.29 is 13.9 Å². The number of para-hydroxylation sites is 1. The number of hydrogen-bond donors (Lipinski definition) is 1. The summed E-state index contributed by atoms with van der Waals surface area (Å²) < 4.78 is 11.1. The van der Waals surface area contributed by atoms with Crippen LogP contribution >= 0.6 is 0 Å². The van der Waals surface area contributed by atoms with E-state index in [9.17, 15) is 4.79 Å². The summed E-state index contributed by atoms with van der Waals surface area (Å²) in [6.45, 7) is 0.482. The second kappa shape index (κ2) is 6.23. The number of nitrogens with zero attached hydrogens (tertiary/aromatic N) is 1. The number of carbonyl (C=O) groups excluding carboxylic acids is 1. The Kier molecular flexibility index (Phi) is 4.15. The van der Waals surface area contributed by atoms with Crippen molar-refractivity contribution in [1.29, 1.82) is 0 Å². The summed E-state index contributed by atoms with van der Waals surface area (Å²) in [6, 6.07) is 11.5. The summed E-state index contributed by atoms with van der Waals surface area (Å²) in [4.78, 5) is 14.3. The quantitative estimate of drug-likeness (QED) is 0.917. The molecule has 5 nitrogen and oxygen atoms in total. The standard InChI is InChI=1S/C17H20N2O3/c1-19(2)13(15-8-5-9-21-15)11-18-17(20)16-10-12-6-3-4-7-14(12)22-16/h3-9,13,16H,10-11H2,1-2H3,(H,18,20). The van der Waals surface area contributed by atoms with E-state index >= 15 is 0 Å². The number of fused-ring (bicyclic) bond motifs is 1. The molecule has 1 aromatic heterocycles. The van der Waals surface area contributed by atoms with Gasteiger partial charge in [-0.1, -0.05) is 18.2 Å². The van der Waals surface area contributed by atoms with Crippen molar-refractivity contribution in [3.05, 3.63) is 54.0 Å². The summed E-state index contributed by atoms with van der Waals surface area (Å²) in [5, 5.41) is 2.96. The van der Waals surface area contributed by atoms with Crippen LogP contribution in [0.15, 0.2) is 47.1 Å². The van der Waals surface area contributed by atoms with Crippen LogP contribution in [0.2, 0.25) is 0 Å². The second-order valence-electron chi connectivity index (χ2n) is 5.66. The van der Waals surface area contributed by atoms with Crippen molar-refractivity contribution in [1.82, 2.24) is 10.2 Å². The third-order valence-electron chi connectivity index (χ3n) is 3.90. The van der Waals surface area contributed by atoms with E-state index < -0.39 is 6.10 Å². The summed E-state index contributed by atoms with van der Waals surface area (Å²) in [6.07, 6.45) is 1.82. The highest BCUT2D eigenvalue weighted by molar-refractivity contribution is 5.82. The van der Waals surface area contributed by atoms with Crippen LogP contribution < -0.4 is 10.1 Å². The average Bonchev–Trinajstić information content (AvgIpc) is 3.16. The molecule has 1 amide bonds. The van der Waals surface area contributed by atoms with E-state index in [1.54, 1.807) is 6.26 Å². The Bertz CT molecular complexity index is 612. The van der Waals surface area contributed by atoms with Gasteiger partial charge in [0.2, 0.25) is 0 Å². The number of hydrogen-bond acceptors (Lipinski definition) is 4. The number of amides is 1. The molecule has 22 heavy (non-hydrogen) atoms. The molecule has 1 aromatic carbocycles. The highest BCUT2D eigenvalue weighted by atomic mass is 16.5. The average molecular weight is 300 g/mol. The molecule has 0 saturated carbocycles. The minimum Gasteiger partial charge on any atom is -0.480 e. The fraction of sp³-hybridized carbons (Fsp3) is 0.353. The number of ether oxygens (including phenoxy) is 1. The zero-order chi connectivity index (χ0) is 15.5. The SMILES string of the molecule is CN(C)C(CNC(=O)C1Cc2ccccc2O1)c1ccco1. The van der Waals surface area contributed by atoms with Crippen LogP contribution in [-0.4, -0.2) is 37.6 Å². The van der Waals surface area contributed by atoms with Gasteiger partial charge in [0.25, 0.3) is 5.91 Å². The number of nitrogens with one attached hydrogen (secondary N) is 1. The number of furan rings is 1. The lowest BCUT2D eigenvalue weighted by molar-refractivity contribution is -0.127. The van der Waals surface area contributed by atoms with E-state index in [-0.39, 0.29) is 11.9 Å². The molecule has 5 heteroatoms. The van der Waals surface area contributed by atoms with Gasteiger partial charge in [-0.25, -0.2) is 0 Å². The van der Waals surface area contributed by atoms with E-state index in [1.807, 2.05) is 55.4 Å². The van der Waals surface area contributed by atoms with Gasteiger partial charge in [-0.2, -0.15) is 0 Å². The molecule has 1 aliphatic heterocycles. The van der Waals surface area contributed by atoms with Gasteiger partial charge in [0, 0.05) is 13.0 Å². The van der Waals surface area contributed by atoms with Crippen LogP contribution in [0.1, 0.15) is 17.4 Å². The lowest BCUT2D eigenvalue weighted by atomic mass is 10.1. The second-order valence-corrected chi connectivity index (χ2v) is 5.66. The molecule has 1 aliphatic rings. The van der Waals surface area contributed by atoms with Crippen LogP contribution in [0.3, 0.4) is 0 Å². The monoisotopic (exact) mass is 300 g/mol. The van der Waals surface area contributed by atoms with Gasteiger partial charge in [0.15, 0.2) is 6.10 Å². The van der Waals surface area contributed by atoms with Crippen LogP contribution in [0, 0.1) is 0 Å². The minimum absolute atomic E-state index is 0.00253. The van der Waals surface area contributed by atoms with Crippen LogP contribution in [0.25, 0.3) is 0 Å². The number of carbonyl (C=O) groups is 1. The summed E-state index contributed by atoms with van der Waals surface area (Å²) in [5.41, 5.74) is 1.08. The fourth-order valence-corrected chi connectivity index (χ4v) is 2.66. The van der Waals surface area contributed by atoms with Crippen LogP contribution in [0.4, 0.5) is 0 Å². The largest absolute Gasteiger partial charge is 0.480 e.